The Morgan fingerprint density at radius 3 is 2.79 bits per heavy atom. The van der Waals surface area contributed by atoms with Gasteiger partial charge in [0.1, 0.15) is 18.0 Å². The van der Waals surface area contributed by atoms with Crippen molar-refractivity contribution in [1.82, 2.24) is 19.7 Å². The molecule has 3 aromatic rings. The minimum atomic E-state index is -0.225. The number of pyridine rings is 2. The van der Waals surface area contributed by atoms with Crippen molar-refractivity contribution in [2.24, 2.45) is 0 Å². The van der Waals surface area contributed by atoms with Gasteiger partial charge < -0.3 is 9.64 Å². The van der Waals surface area contributed by atoms with Crippen LogP contribution in [0.3, 0.4) is 0 Å². The quantitative estimate of drug-likeness (QED) is 0.664. The van der Waals surface area contributed by atoms with Gasteiger partial charge >= 0.3 is 0 Å². The number of hydrogen-bond donors (Lipinski definition) is 0. The largest absolute Gasteiger partial charge is 0.489 e. The van der Waals surface area contributed by atoms with Crippen LogP contribution in [-0.4, -0.2) is 38.8 Å². The molecule has 1 fully saturated rings. The number of nitrogens with zero attached hydrogens (tertiary/aromatic N) is 5. The second-order valence-corrected chi connectivity index (χ2v) is 8.88. The Labute approximate surface area is 169 Å². The predicted molar refractivity (Wildman–Crippen MR) is 111 cm³/mol. The lowest BCUT2D eigenvalue weighted by molar-refractivity contribution is 0.0978. The fourth-order valence-corrected chi connectivity index (χ4v) is 3.95. The van der Waals surface area contributed by atoms with Crippen molar-refractivity contribution in [1.29, 1.82) is 0 Å². The van der Waals surface area contributed by atoms with Crippen LogP contribution < -0.4 is 9.64 Å². The lowest BCUT2D eigenvalue weighted by atomic mass is 10.0. The molecule has 7 nitrogen and oxygen atoms in total. The summed E-state index contributed by atoms with van der Waals surface area (Å²) in [7, 11) is 0. The Hall–Kier alpha value is -2.96. The van der Waals surface area contributed by atoms with E-state index in [1.807, 2.05) is 17.7 Å². The molecule has 0 saturated heterocycles. The van der Waals surface area contributed by atoms with Gasteiger partial charge in [-0.15, -0.1) is 0 Å². The molecule has 5 rings (SSSR count). The molecule has 0 bridgehead atoms. The molecular weight excluding hydrogens is 366 g/mol. The van der Waals surface area contributed by atoms with E-state index >= 15 is 0 Å². The van der Waals surface area contributed by atoms with Crippen molar-refractivity contribution in [3.8, 4) is 5.75 Å². The highest BCUT2D eigenvalue weighted by molar-refractivity contribution is 6.14. The number of anilines is 1. The van der Waals surface area contributed by atoms with Crippen molar-refractivity contribution < 1.29 is 9.53 Å². The molecule has 150 valence electrons. The summed E-state index contributed by atoms with van der Waals surface area (Å²) in [4.78, 5) is 24.7. The minimum Gasteiger partial charge on any atom is -0.489 e. The third-order valence-corrected chi connectivity index (χ3v) is 5.56. The van der Waals surface area contributed by atoms with Crippen LogP contribution >= 0.6 is 0 Å². The first kappa shape index (κ1) is 18.1. The number of rotatable bonds is 2. The number of carbonyl (C=O) groups is 1. The molecule has 2 aliphatic rings. The Kier molecular flexibility index (Phi) is 3.91. The van der Waals surface area contributed by atoms with Gasteiger partial charge in [-0.05, 0) is 46.6 Å². The predicted octanol–water partition coefficient (Wildman–Crippen LogP) is 3.81. The van der Waals surface area contributed by atoms with Gasteiger partial charge in [-0.3, -0.25) is 9.78 Å². The average molecular weight is 391 g/mol. The molecular formula is C22H25N5O2. The van der Waals surface area contributed by atoms with Gasteiger partial charge in [0, 0.05) is 23.9 Å². The Bertz CT molecular complexity index is 1120. The van der Waals surface area contributed by atoms with Crippen molar-refractivity contribution in [2.45, 2.75) is 52.0 Å². The Balaban J connectivity index is 1.71. The van der Waals surface area contributed by atoms with Gasteiger partial charge in [0.15, 0.2) is 5.65 Å². The number of hydrogen-bond acceptors (Lipinski definition) is 5. The smallest absolute Gasteiger partial charge is 0.259 e. The number of carbonyl (C=O) groups excluding carboxylic acids is 1. The van der Waals surface area contributed by atoms with Crippen molar-refractivity contribution in [2.75, 3.05) is 18.1 Å². The summed E-state index contributed by atoms with van der Waals surface area (Å²) in [6.45, 7) is 9.23. The summed E-state index contributed by atoms with van der Waals surface area (Å²) < 4.78 is 7.66. The van der Waals surface area contributed by atoms with Crippen LogP contribution in [0.5, 0.6) is 5.75 Å². The molecule has 1 saturated carbocycles. The second kappa shape index (κ2) is 6.27. The monoisotopic (exact) mass is 391 g/mol. The molecule has 0 unspecified atom stereocenters. The molecule has 1 aliphatic carbocycles. The minimum absolute atomic E-state index is 0.0478. The highest BCUT2D eigenvalue weighted by Crippen LogP contribution is 2.41. The Morgan fingerprint density at radius 2 is 2.07 bits per heavy atom. The van der Waals surface area contributed by atoms with Crippen LogP contribution in [0, 0.1) is 6.92 Å². The highest BCUT2D eigenvalue weighted by atomic mass is 16.5. The van der Waals surface area contributed by atoms with Crippen molar-refractivity contribution in [3.05, 3.63) is 41.5 Å². The first-order valence-electron chi connectivity index (χ1n) is 10.1. The van der Waals surface area contributed by atoms with E-state index in [1.54, 1.807) is 23.4 Å². The maximum Gasteiger partial charge on any atom is 0.259 e. The summed E-state index contributed by atoms with van der Waals surface area (Å²) in [5.41, 5.74) is 3.77. The number of ether oxygens (including phenoxy) is 1. The lowest BCUT2D eigenvalue weighted by Crippen LogP contribution is -2.38. The van der Waals surface area contributed by atoms with Crippen LogP contribution in [0.15, 0.2) is 24.5 Å². The summed E-state index contributed by atoms with van der Waals surface area (Å²) in [6, 6.07) is 3.78. The van der Waals surface area contributed by atoms with Crippen LogP contribution in [0.1, 0.15) is 61.3 Å². The maximum absolute atomic E-state index is 13.8. The molecule has 0 aromatic carbocycles. The Morgan fingerprint density at radius 1 is 1.28 bits per heavy atom. The molecule has 3 aromatic heterocycles. The molecule has 4 heterocycles. The van der Waals surface area contributed by atoms with Gasteiger partial charge in [-0.1, -0.05) is 0 Å². The maximum atomic E-state index is 13.8. The van der Waals surface area contributed by atoms with Gasteiger partial charge in [0.2, 0.25) is 0 Å². The van der Waals surface area contributed by atoms with Gasteiger partial charge in [-0.25, -0.2) is 9.67 Å². The third-order valence-electron chi connectivity index (χ3n) is 5.56. The van der Waals surface area contributed by atoms with Crippen LogP contribution in [0.2, 0.25) is 0 Å². The van der Waals surface area contributed by atoms with E-state index in [9.17, 15) is 4.79 Å². The molecule has 0 atom stereocenters. The van der Waals surface area contributed by atoms with E-state index in [-0.39, 0.29) is 11.4 Å². The van der Waals surface area contributed by atoms with E-state index in [1.165, 1.54) is 0 Å². The average Bonchev–Trinajstić information content (AvgIpc) is 3.49. The molecule has 7 heteroatoms. The van der Waals surface area contributed by atoms with Crippen LogP contribution in [0.4, 0.5) is 5.69 Å². The molecule has 0 N–H and O–H groups in total. The van der Waals surface area contributed by atoms with E-state index in [2.05, 4.69) is 25.8 Å². The lowest BCUT2D eigenvalue weighted by Gasteiger charge is -2.29. The molecule has 0 radical (unpaired) electrons. The van der Waals surface area contributed by atoms with Gasteiger partial charge in [0.25, 0.3) is 5.91 Å². The first-order chi connectivity index (χ1) is 13.8. The van der Waals surface area contributed by atoms with Gasteiger partial charge in [-0.2, -0.15) is 5.10 Å². The topological polar surface area (TPSA) is 73.1 Å². The summed E-state index contributed by atoms with van der Waals surface area (Å²) in [6.07, 6.45) is 5.62. The first-order valence-corrected chi connectivity index (χ1v) is 10.1. The van der Waals surface area contributed by atoms with Crippen LogP contribution in [0.25, 0.3) is 11.0 Å². The number of aromatic nitrogens is 4. The van der Waals surface area contributed by atoms with Crippen LogP contribution in [-0.2, 0) is 5.54 Å². The third kappa shape index (κ3) is 2.96. The molecule has 1 amide bonds. The zero-order valence-corrected chi connectivity index (χ0v) is 17.3. The van der Waals surface area contributed by atoms with Crippen molar-refractivity contribution in [3.63, 3.8) is 0 Å². The number of aryl methyl sites for hydroxylation is 1. The summed E-state index contributed by atoms with van der Waals surface area (Å²) in [5.74, 6) is 1.08. The highest BCUT2D eigenvalue weighted by Gasteiger charge is 2.33. The summed E-state index contributed by atoms with van der Waals surface area (Å²) >= 11 is 0. The molecule has 29 heavy (non-hydrogen) atoms. The van der Waals surface area contributed by atoms with Crippen molar-refractivity contribution >= 4 is 22.6 Å². The fraction of sp³-hybridized carbons (Fsp3) is 0.455. The fourth-order valence-electron chi connectivity index (χ4n) is 3.95. The molecule has 1 aliphatic heterocycles. The second-order valence-electron chi connectivity index (χ2n) is 8.88. The molecule has 0 spiro atoms. The van der Waals surface area contributed by atoms with E-state index < -0.39 is 0 Å². The van der Waals surface area contributed by atoms with E-state index in [0.717, 1.165) is 35.3 Å². The number of fused-ring (bicyclic) bond motifs is 2. The zero-order chi connectivity index (χ0) is 20.3. The zero-order valence-electron chi connectivity index (χ0n) is 17.3. The SMILES string of the molecule is Cc1nn(C(C)(C)C)c2nc(C3CC3)cc(C(=O)N3CCOc4ccncc43)c12. The standard InChI is InChI=1S/C22H25N5O2/c1-13-19-15(21(28)26-9-10-29-18-7-8-23-12-17(18)26)11-16(14-5-6-14)24-20(19)27(25-13)22(2,3)4/h7-8,11-12,14H,5-6,9-10H2,1-4H3. The van der Waals surface area contributed by atoms with E-state index in [4.69, 9.17) is 14.8 Å². The number of amides is 1. The normalized spacial score (nSPS) is 16.6. The summed E-state index contributed by atoms with van der Waals surface area (Å²) in [5, 5.41) is 5.60. The van der Waals surface area contributed by atoms with E-state index in [0.29, 0.717) is 36.1 Å². The van der Waals surface area contributed by atoms with Gasteiger partial charge in [0.05, 0.1) is 34.9 Å².